The Morgan fingerprint density at radius 1 is 0.889 bits per heavy atom. The van der Waals surface area contributed by atoms with Crippen molar-refractivity contribution in [1.82, 2.24) is 0 Å². The van der Waals surface area contributed by atoms with Gasteiger partial charge in [-0.2, -0.15) is 0 Å². The summed E-state index contributed by atoms with van der Waals surface area (Å²) < 4.78 is 13.5. The number of hydrogen-bond acceptors (Lipinski definition) is 0. The molecular weight excluding hydrogens is 355 g/mol. The van der Waals surface area contributed by atoms with E-state index in [2.05, 4.69) is 49.1 Å². The van der Waals surface area contributed by atoms with Crippen LogP contribution in [0.4, 0.5) is 4.39 Å². The third-order valence-electron chi connectivity index (χ3n) is 5.04. The molecule has 0 spiro atoms. The van der Waals surface area contributed by atoms with Crippen LogP contribution in [0.1, 0.15) is 47.6 Å². The van der Waals surface area contributed by atoms with E-state index in [1.54, 1.807) is 6.07 Å². The second kappa shape index (κ2) is 7.59. The molecule has 0 N–H and O–H groups in total. The first-order chi connectivity index (χ1) is 13.1. The van der Waals surface area contributed by atoms with Crippen molar-refractivity contribution in [2.75, 3.05) is 0 Å². The summed E-state index contributed by atoms with van der Waals surface area (Å²) in [6.07, 6.45) is 4.55. The van der Waals surface area contributed by atoms with Gasteiger partial charge in [0, 0.05) is 11.1 Å². The van der Waals surface area contributed by atoms with Crippen LogP contribution < -0.4 is 0 Å². The first-order valence-electron chi connectivity index (χ1n) is 9.36. The maximum Gasteiger partial charge on any atom is 0.143 e. The largest absolute Gasteiger partial charge is 0.205 e. The molecule has 4 rings (SSSR count). The molecule has 0 fully saturated rings. The fraction of sp³-hybridized carbons (Fsp3) is 0.200. The van der Waals surface area contributed by atoms with Crippen molar-refractivity contribution < 1.29 is 4.39 Å². The molecule has 0 aromatic heterocycles. The van der Waals surface area contributed by atoms with Crippen molar-refractivity contribution in [3.05, 3.63) is 93.3 Å². The monoisotopic (exact) mass is 374 g/mol. The van der Waals surface area contributed by atoms with Crippen LogP contribution in [-0.2, 0) is 12.8 Å². The van der Waals surface area contributed by atoms with E-state index in [0.29, 0.717) is 5.56 Å². The van der Waals surface area contributed by atoms with Crippen molar-refractivity contribution in [2.45, 2.75) is 32.6 Å². The second-order valence-corrected chi connectivity index (χ2v) is 7.43. The minimum atomic E-state index is -0.438. The Hall–Kier alpha value is -2.56. The molecule has 0 aliphatic heterocycles. The third kappa shape index (κ3) is 3.77. The lowest BCUT2D eigenvalue weighted by atomic mass is 10.0. The number of aryl methyl sites for hydroxylation is 1. The van der Waals surface area contributed by atoms with Crippen LogP contribution in [0.15, 0.2) is 54.6 Å². The van der Waals surface area contributed by atoms with Gasteiger partial charge in [0.1, 0.15) is 5.82 Å². The molecule has 0 bridgehead atoms. The van der Waals surface area contributed by atoms with Gasteiger partial charge in [-0.25, -0.2) is 4.39 Å². The Morgan fingerprint density at radius 3 is 2.30 bits per heavy atom. The molecule has 27 heavy (non-hydrogen) atoms. The van der Waals surface area contributed by atoms with Crippen LogP contribution in [0.25, 0.3) is 11.1 Å². The standard InChI is InChI=1S/C25H20ClF/c1-2-3-4-17-7-10-22-20(13-17)16-21-14-18(8-11-23(21)22)5-6-19-9-12-24(26)25(27)15-19/h7-15H,2-4,16H2,1H3. The van der Waals surface area contributed by atoms with Crippen LogP contribution in [0, 0.1) is 17.7 Å². The van der Waals surface area contributed by atoms with Crippen LogP contribution in [0.5, 0.6) is 0 Å². The zero-order chi connectivity index (χ0) is 18.8. The highest BCUT2D eigenvalue weighted by atomic mass is 35.5. The summed E-state index contributed by atoms with van der Waals surface area (Å²) in [5, 5.41) is 0.120. The molecule has 0 amide bonds. The van der Waals surface area contributed by atoms with Crippen molar-refractivity contribution in [2.24, 2.45) is 0 Å². The average molecular weight is 375 g/mol. The maximum atomic E-state index is 13.5. The smallest absolute Gasteiger partial charge is 0.143 e. The molecule has 0 heterocycles. The predicted octanol–water partition coefficient (Wildman–Crippen LogP) is 6.79. The summed E-state index contributed by atoms with van der Waals surface area (Å²) in [4.78, 5) is 0. The van der Waals surface area contributed by atoms with E-state index < -0.39 is 5.82 Å². The fourth-order valence-corrected chi connectivity index (χ4v) is 3.71. The molecule has 3 aromatic carbocycles. The summed E-state index contributed by atoms with van der Waals surface area (Å²) >= 11 is 5.72. The van der Waals surface area contributed by atoms with Gasteiger partial charge < -0.3 is 0 Å². The number of halogens is 2. The van der Waals surface area contributed by atoms with Gasteiger partial charge in [-0.3, -0.25) is 0 Å². The fourth-order valence-electron chi connectivity index (χ4n) is 3.60. The number of benzene rings is 3. The Kier molecular flexibility index (Phi) is 5.01. The Balaban J connectivity index is 1.58. The molecule has 1 aliphatic carbocycles. The highest BCUT2D eigenvalue weighted by Gasteiger charge is 2.18. The zero-order valence-electron chi connectivity index (χ0n) is 15.3. The molecule has 0 atom stereocenters. The summed E-state index contributed by atoms with van der Waals surface area (Å²) in [6, 6.07) is 17.9. The Bertz CT molecular complexity index is 1070. The second-order valence-electron chi connectivity index (χ2n) is 7.02. The highest BCUT2D eigenvalue weighted by Crippen LogP contribution is 2.37. The van der Waals surface area contributed by atoms with Gasteiger partial charge in [-0.05, 0) is 77.4 Å². The molecule has 1 aliphatic rings. The molecule has 0 radical (unpaired) electrons. The molecule has 0 saturated carbocycles. The van der Waals surface area contributed by atoms with E-state index in [1.165, 1.54) is 52.8 Å². The van der Waals surface area contributed by atoms with Crippen molar-refractivity contribution in [1.29, 1.82) is 0 Å². The Labute approximate surface area is 165 Å². The van der Waals surface area contributed by atoms with Gasteiger partial charge in [0.05, 0.1) is 5.02 Å². The molecule has 3 aromatic rings. The minimum absolute atomic E-state index is 0.120. The summed E-state index contributed by atoms with van der Waals surface area (Å²) in [5.74, 6) is 5.73. The lowest BCUT2D eigenvalue weighted by Crippen LogP contribution is -1.88. The van der Waals surface area contributed by atoms with Gasteiger partial charge in [0.15, 0.2) is 0 Å². The quantitative estimate of drug-likeness (QED) is 0.346. The minimum Gasteiger partial charge on any atom is -0.205 e. The zero-order valence-corrected chi connectivity index (χ0v) is 16.0. The third-order valence-corrected chi connectivity index (χ3v) is 5.34. The normalized spacial score (nSPS) is 11.5. The van der Waals surface area contributed by atoms with Crippen molar-refractivity contribution in [3.63, 3.8) is 0 Å². The van der Waals surface area contributed by atoms with E-state index in [0.717, 1.165) is 18.4 Å². The van der Waals surface area contributed by atoms with E-state index in [-0.39, 0.29) is 5.02 Å². The number of unbranched alkanes of at least 4 members (excludes halogenated alkanes) is 1. The average Bonchev–Trinajstić information content (AvgIpc) is 3.04. The molecule has 134 valence electrons. The number of hydrogen-bond donors (Lipinski definition) is 0. The molecule has 0 unspecified atom stereocenters. The van der Waals surface area contributed by atoms with Crippen LogP contribution in [0.2, 0.25) is 5.02 Å². The highest BCUT2D eigenvalue weighted by molar-refractivity contribution is 6.30. The first-order valence-corrected chi connectivity index (χ1v) is 9.74. The van der Waals surface area contributed by atoms with Crippen LogP contribution in [0.3, 0.4) is 0 Å². The topological polar surface area (TPSA) is 0 Å². The van der Waals surface area contributed by atoms with Crippen molar-refractivity contribution >= 4 is 11.6 Å². The molecular formula is C25H20ClF. The van der Waals surface area contributed by atoms with Crippen molar-refractivity contribution in [3.8, 4) is 23.0 Å². The summed E-state index contributed by atoms with van der Waals surface area (Å²) in [7, 11) is 0. The lowest BCUT2D eigenvalue weighted by Gasteiger charge is -2.04. The predicted molar refractivity (Wildman–Crippen MR) is 111 cm³/mol. The number of rotatable bonds is 3. The van der Waals surface area contributed by atoms with Gasteiger partial charge in [-0.15, -0.1) is 0 Å². The maximum absolute atomic E-state index is 13.5. The van der Waals surface area contributed by atoms with E-state index in [1.807, 2.05) is 6.07 Å². The Morgan fingerprint density at radius 2 is 1.56 bits per heavy atom. The van der Waals surface area contributed by atoms with Gasteiger partial charge in [0.25, 0.3) is 0 Å². The van der Waals surface area contributed by atoms with Gasteiger partial charge in [-0.1, -0.05) is 61.1 Å². The number of fused-ring (bicyclic) bond motifs is 3. The lowest BCUT2D eigenvalue weighted by molar-refractivity contribution is 0.628. The van der Waals surface area contributed by atoms with E-state index in [4.69, 9.17) is 11.6 Å². The summed E-state index contributed by atoms with van der Waals surface area (Å²) in [5.41, 5.74) is 8.35. The van der Waals surface area contributed by atoms with Crippen LogP contribution >= 0.6 is 11.6 Å². The van der Waals surface area contributed by atoms with Gasteiger partial charge in [0.2, 0.25) is 0 Å². The van der Waals surface area contributed by atoms with Crippen LogP contribution in [-0.4, -0.2) is 0 Å². The first kappa shape index (κ1) is 17.8. The SMILES string of the molecule is CCCCc1ccc2c(c1)Cc1cc(C#Cc3ccc(Cl)c(F)c3)ccc1-2. The van der Waals surface area contributed by atoms with E-state index in [9.17, 15) is 4.39 Å². The molecule has 0 nitrogen and oxygen atoms in total. The molecule has 0 saturated heterocycles. The summed E-state index contributed by atoms with van der Waals surface area (Å²) in [6.45, 7) is 2.23. The molecule has 2 heteroatoms. The van der Waals surface area contributed by atoms with Gasteiger partial charge >= 0.3 is 0 Å². The van der Waals surface area contributed by atoms with E-state index >= 15 is 0 Å².